The molecule has 0 bridgehead atoms. The van der Waals surface area contributed by atoms with Crippen molar-refractivity contribution in [1.29, 1.82) is 0 Å². The summed E-state index contributed by atoms with van der Waals surface area (Å²) in [7, 11) is 0. The second-order valence-electron chi connectivity index (χ2n) is 3.93. The van der Waals surface area contributed by atoms with Crippen molar-refractivity contribution >= 4 is 0 Å². The lowest BCUT2D eigenvalue weighted by Crippen LogP contribution is -2.24. The van der Waals surface area contributed by atoms with Gasteiger partial charge in [-0.2, -0.15) is 0 Å². The van der Waals surface area contributed by atoms with Crippen LogP contribution < -0.4 is 5.73 Å². The highest BCUT2D eigenvalue weighted by molar-refractivity contribution is 4.96. The first-order valence-electron chi connectivity index (χ1n) is 5.21. The van der Waals surface area contributed by atoms with Gasteiger partial charge in [-0.3, -0.25) is 0 Å². The zero-order valence-electron chi connectivity index (χ0n) is 8.26. The Morgan fingerprint density at radius 3 is 3.14 bits per heavy atom. The van der Waals surface area contributed by atoms with Crippen LogP contribution in [0.3, 0.4) is 0 Å². The number of nitrogens with two attached hydrogens (primary N) is 1. The molecule has 1 aliphatic carbocycles. The van der Waals surface area contributed by atoms with E-state index in [0.717, 1.165) is 31.5 Å². The normalized spacial score (nSPS) is 27.9. The molecule has 2 unspecified atom stereocenters. The van der Waals surface area contributed by atoms with E-state index in [0.29, 0.717) is 12.6 Å². The van der Waals surface area contributed by atoms with Gasteiger partial charge >= 0.3 is 0 Å². The van der Waals surface area contributed by atoms with Crippen molar-refractivity contribution < 1.29 is 5.11 Å². The molecule has 0 saturated heterocycles. The van der Waals surface area contributed by atoms with Gasteiger partial charge in [-0.1, -0.05) is 0 Å². The molecule has 1 heterocycles. The largest absolute Gasteiger partial charge is 0.393 e. The van der Waals surface area contributed by atoms with Crippen molar-refractivity contribution in [2.24, 2.45) is 5.73 Å². The number of hydrogen-bond donors (Lipinski definition) is 2. The second-order valence-corrected chi connectivity index (χ2v) is 3.93. The lowest BCUT2D eigenvalue weighted by Gasteiger charge is -2.27. The highest BCUT2D eigenvalue weighted by Crippen LogP contribution is 2.29. The molecule has 4 heteroatoms. The van der Waals surface area contributed by atoms with Gasteiger partial charge in [-0.15, -0.1) is 0 Å². The highest BCUT2D eigenvalue weighted by atomic mass is 16.3. The summed E-state index contributed by atoms with van der Waals surface area (Å²) in [5, 5.41) is 9.58. The highest BCUT2D eigenvalue weighted by Gasteiger charge is 2.22. The molecular formula is C10H17N3O. The monoisotopic (exact) mass is 195 g/mol. The summed E-state index contributed by atoms with van der Waals surface area (Å²) in [6, 6.07) is 0.389. The molecule has 2 atom stereocenters. The first-order valence-corrected chi connectivity index (χ1v) is 5.21. The molecule has 3 N–H and O–H groups in total. The molecule has 0 aliphatic heterocycles. The van der Waals surface area contributed by atoms with E-state index in [-0.39, 0.29) is 6.10 Å². The van der Waals surface area contributed by atoms with E-state index in [4.69, 9.17) is 5.73 Å². The van der Waals surface area contributed by atoms with Gasteiger partial charge in [0.05, 0.1) is 12.6 Å². The summed E-state index contributed by atoms with van der Waals surface area (Å²) in [6.07, 6.45) is 7.58. The molecule has 1 saturated carbocycles. The second kappa shape index (κ2) is 4.11. The number of aromatic nitrogens is 2. The minimum atomic E-state index is -0.151. The Hall–Kier alpha value is -0.870. The minimum absolute atomic E-state index is 0.151. The number of aliphatic hydroxyl groups excluding tert-OH is 1. The third-order valence-corrected chi connectivity index (χ3v) is 2.94. The van der Waals surface area contributed by atoms with Crippen LogP contribution in [0.25, 0.3) is 0 Å². The van der Waals surface area contributed by atoms with Crippen molar-refractivity contribution in [2.45, 2.75) is 44.4 Å². The summed E-state index contributed by atoms with van der Waals surface area (Å²) in [5.74, 6) is 0.920. The Labute approximate surface area is 83.8 Å². The number of rotatable bonds is 2. The summed E-state index contributed by atoms with van der Waals surface area (Å²) >= 11 is 0. The maximum absolute atomic E-state index is 9.58. The van der Waals surface area contributed by atoms with Gasteiger partial charge in [0.1, 0.15) is 5.82 Å². The Morgan fingerprint density at radius 1 is 1.57 bits per heavy atom. The van der Waals surface area contributed by atoms with Gasteiger partial charge in [-0.05, 0) is 25.7 Å². The van der Waals surface area contributed by atoms with Crippen LogP contribution in [-0.4, -0.2) is 20.8 Å². The molecule has 78 valence electrons. The van der Waals surface area contributed by atoms with E-state index < -0.39 is 0 Å². The molecule has 2 rings (SSSR count). The molecule has 0 radical (unpaired) electrons. The van der Waals surface area contributed by atoms with Crippen LogP contribution in [0.15, 0.2) is 12.4 Å². The molecule has 0 aromatic carbocycles. The van der Waals surface area contributed by atoms with Crippen LogP contribution in [0.1, 0.15) is 37.5 Å². The molecule has 1 aromatic heterocycles. The maximum atomic E-state index is 9.58. The van der Waals surface area contributed by atoms with Gasteiger partial charge < -0.3 is 15.4 Å². The van der Waals surface area contributed by atoms with E-state index in [9.17, 15) is 5.11 Å². The van der Waals surface area contributed by atoms with E-state index >= 15 is 0 Å². The van der Waals surface area contributed by atoms with Crippen molar-refractivity contribution in [3.05, 3.63) is 18.2 Å². The van der Waals surface area contributed by atoms with Crippen molar-refractivity contribution in [2.75, 3.05) is 0 Å². The molecule has 1 fully saturated rings. The first-order chi connectivity index (χ1) is 6.81. The van der Waals surface area contributed by atoms with Gasteiger partial charge in [-0.25, -0.2) is 4.98 Å². The van der Waals surface area contributed by atoms with E-state index in [1.807, 2.05) is 6.20 Å². The number of aliphatic hydroxyl groups is 1. The molecule has 0 spiro atoms. The van der Waals surface area contributed by atoms with Gasteiger partial charge in [0.2, 0.25) is 0 Å². The number of imidazole rings is 1. The van der Waals surface area contributed by atoms with Crippen LogP contribution >= 0.6 is 0 Å². The quantitative estimate of drug-likeness (QED) is 0.734. The maximum Gasteiger partial charge on any atom is 0.122 e. The Kier molecular flexibility index (Phi) is 2.84. The van der Waals surface area contributed by atoms with Crippen molar-refractivity contribution in [3.63, 3.8) is 0 Å². The molecular weight excluding hydrogens is 178 g/mol. The average Bonchev–Trinajstić information content (AvgIpc) is 2.65. The topological polar surface area (TPSA) is 64.1 Å². The van der Waals surface area contributed by atoms with E-state index in [2.05, 4.69) is 9.55 Å². The van der Waals surface area contributed by atoms with Gasteiger partial charge in [0.15, 0.2) is 0 Å². The molecule has 0 amide bonds. The number of hydrogen-bond acceptors (Lipinski definition) is 3. The molecule has 14 heavy (non-hydrogen) atoms. The molecule has 1 aliphatic rings. The summed E-state index contributed by atoms with van der Waals surface area (Å²) in [4.78, 5) is 4.19. The van der Waals surface area contributed by atoms with Crippen LogP contribution in [0.4, 0.5) is 0 Å². The van der Waals surface area contributed by atoms with Crippen LogP contribution in [0.2, 0.25) is 0 Å². The fourth-order valence-electron chi connectivity index (χ4n) is 2.23. The van der Waals surface area contributed by atoms with E-state index in [1.54, 1.807) is 6.20 Å². The summed E-state index contributed by atoms with van der Waals surface area (Å²) in [5.41, 5.74) is 5.59. The molecule has 1 aromatic rings. The van der Waals surface area contributed by atoms with Crippen LogP contribution in [0.5, 0.6) is 0 Å². The lowest BCUT2D eigenvalue weighted by atomic mass is 9.93. The van der Waals surface area contributed by atoms with Crippen LogP contribution in [-0.2, 0) is 6.54 Å². The summed E-state index contributed by atoms with van der Waals surface area (Å²) in [6.45, 7) is 0.472. The van der Waals surface area contributed by atoms with Crippen LogP contribution in [0, 0.1) is 0 Å². The minimum Gasteiger partial charge on any atom is -0.393 e. The van der Waals surface area contributed by atoms with Gasteiger partial charge in [0.25, 0.3) is 0 Å². The predicted octanol–water partition coefficient (Wildman–Crippen LogP) is 0.818. The SMILES string of the molecule is NCc1nccn1C1CCCC(O)C1. The zero-order chi connectivity index (χ0) is 9.97. The van der Waals surface area contributed by atoms with E-state index in [1.165, 1.54) is 0 Å². The first kappa shape index (κ1) is 9.68. The van der Waals surface area contributed by atoms with Crippen molar-refractivity contribution in [1.82, 2.24) is 9.55 Å². The number of nitrogens with zero attached hydrogens (tertiary/aromatic N) is 2. The Balaban J connectivity index is 2.13. The van der Waals surface area contributed by atoms with Crippen molar-refractivity contribution in [3.8, 4) is 0 Å². The third kappa shape index (κ3) is 1.81. The Bertz CT molecular complexity index is 297. The lowest BCUT2D eigenvalue weighted by molar-refractivity contribution is 0.103. The average molecular weight is 195 g/mol. The third-order valence-electron chi connectivity index (χ3n) is 2.94. The standard InChI is InChI=1S/C10H17N3O/c11-7-10-12-4-5-13(10)8-2-1-3-9(14)6-8/h4-5,8-9,14H,1-3,6-7,11H2. The fourth-order valence-corrected chi connectivity index (χ4v) is 2.23. The summed E-state index contributed by atoms with van der Waals surface area (Å²) < 4.78 is 2.11. The molecule has 4 nitrogen and oxygen atoms in total. The zero-order valence-corrected chi connectivity index (χ0v) is 8.26. The Morgan fingerprint density at radius 2 is 2.43 bits per heavy atom. The predicted molar refractivity (Wildman–Crippen MR) is 53.6 cm³/mol. The smallest absolute Gasteiger partial charge is 0.122 e. The fraction of sp³-hybridized carbons (Fsp3) is 0.700. The van der Waals surface area contributed by atoms with Gasteiger partial charge in [0, 0.05) is 18.4 Å².